The topological polar surface area (TPSA) is 151 Å². The molecule has 3 aliphatic heterocycles. The van der Waals surface area contributed by atoms with Gasteiger partial charge in [0, 0.05) is 24.7 Å². The van der Waals surface area contributed by atoms with Crippen LogP contribution in [0.2, 0.25) is 0 Å². The summed E-state index contributed by atoms with van der Waals surface area (Å²) in [7, 11) is 0. The smallest absolute Gasteiger partial charge is 0.661 e. The van der Waals surface area contributed by atoms with Crippen molar-refractivity contribution in [1.29, 1.82) is 0 Å². The van der Waals surface area contributed by atoms with E-state index in [-0.39, 0.29) is 54.4 Å². The fraction of sp³-hybridized carbons (Fsp3) is 0.294. The molecule has 3 aliphatic rings. The number of nitrogens with zero attached hydrogens (tertiary/aromatic N) is 4. The summed E-state index contributed by atoms with van der Waals surface area (Å²) in [5.41, 5.74) is 8.99. The number of carboxylic acids is 2. The second kappa shape index (κ2) is 12.7. The van der Waals surface area contributed by atoms with Gasteiger partial charge >= 0.3 is 29.0 Å². The Morgan fingerprint density at radius 2 is 1.39 bits per heavy atom. The van der Waals surface area contributed by atoms with E-state index in [1.165, 1.54) is 0 Å². The maximum atomic E-state index is 11.5. The van der Waals surface area contributed by atoms with Crippen molar-refractivity contribution >= 4 is 30.2 Å². The molecule has 0 unspecified atom stereocenters. The van der Waals surface area contributed by atoms with Gasteiger partial charge in [-0.2, -0.15) is 0 Å². The predicted octanol–water partition coefficient (Wildman–Crippen LogP) is 4.91. The Balaban J connectivity index is 0.00000442. The molecule has 2 aromatic rings. The maximum Gasteiger partial charge on any atom is 4.00 e. The van der Waals surface area contributed by atoms with Crippen molar-refractivity contribution in [2.75, 3.05) is 0 Å². The first-order valence-electron chi connectivity index (χ1n) is 14.1. The predicted molar refractivity (Wildman–Crippen MR) is 165 cm³/mol. The summed E-state index contributed by atoms with van der Waals surface area (Å²) < 4.78 is 0. The van der Waals surface area contributed by atoms with Crippen molar-refractivity contribution in [1.82, 2.24) is 9.97 Å². The average molecular weight is 635 g/mol. The molecular weight excluding hydrogens is 600 g/mol. The van der Waals surface area contributed by atoms with E-state index in [2.05, 4.69) is 13.2 Å². The molecule has 0 fully saturated rings. The Morgan fingerprint density at radius 3 is 2.00 bits per heavy atom. The molecule has 2 atom stereocenters. The summed E-state index contributed by atoms with van der Waals surface area (Å²) in [6.07, 6.45) is 9.67. The number of rotatable bonds is 8. The average Bonchev–Trinajstić information content (AvgIpc) is 3.59. The van der Waals surface area contributed by atoms with E-state index in [0.717, 1.165) is 39.1 Å². The molecule has 9 nitrogen and oxygen atoms in total. The first kappa shape index (κ1) is 32.5. The number of aliphatic hydroxyl groups is 1. The first-order valence-corrected chi connectivity index (χ1v) is 14.1. The zero-order valence-corrected chi connectivity index (χ0v) is 26.2. The van der Waals surface area contributed by atoms with Gasteiger partial charge in [-0.25, -0.2) is 0 Å². The molecule has 2 aromatic heterocycles. The Bertz CT molecular complexity index is 1830. The van der Waals surface area contributed by atoms with Gasteiger partial charge < -0.3 is 35.9 Å². The van der Waals surface area contributed by atoms with E-state index in [9.17, 15) is 24.9 Å². The Labute approximate surface area is 266 Å². The van der Waals surface area contributed by atoms with Crippen LogP contribution in [0.1, 0.15) is 60.3 Å². The molecule has 0 amide bonds. The minimum atomic E-state index is -0.919. The molecule has 0 saturated heterocycles. The third kappa shape index (κ3) is 6.00. The quantitative estimate of drug-likeness (QED) is 0.212. The summed E-state index contributed by atoms with van der Waals surface area (Å²) in [6, 6.07) is 0. The largest absolute Gasteiger partial charge is 4.00 e. The molecule has 0 spiro atoms. The molecule has 10 heteroatoms. The van der Waals surface area contributed by atoms with Crippen molar-refractivity contribution in [3.63, 3.8) is 0 Å². The van der Waals surface area contributed by atoms with Gasteiger partial charge in [0.15, 0.2) is 0 Å². The van der Waals surface area contributed by atoms with Crippen molar-refractivity contribution in [3.8, 4) is 0 Å². The molecular formula is C34H34FeN4O5. The van der Waals surface area contributed by atoms with Gasteiger partial charge in [0.25, 0.3) is 0 Å². The monoisotopic (exact) mass is 634 g/mol. The van der Waals surface area contributed by atoms with Crippen LogP contribution in [0.5, 0.6) is 0 Å². The zero-order chi connectivity index (χ0) is 31.2. The number of aromatic nitrogens is 2. The molecule has 0 radical (unpaired) electrons. The van der Waals surface area contributed by atoms with E-state index in [4.69, 9.17) is 20.6 Å². The number of fused-ring (bicyclic) bond motifs is 8. The van der Waals surface area contributed by atoms with Crippen LogP contribution in [0.4, 0.5) is 0 Å². The summed E-state index contributed by atoms with van der Waals surface area (Å²) >= 11 is 0. The van der Waals surface area contributed by atoms with Gasteiger partial charge in [-0.05, 0) is 40.5 Å². The SMILES string of the molecule is C=C[C@@H]1C(C)=C2/C=C3\[N-]C(=C(C)[C@@H]3C(=C)O)/C=c3\[n-]/c(c(CCC(=O)O)c3C)=C\c3[n-]c(c(C)c3CCC(=O)O)/C=C/1[N-]2.[Fe+4]. The zero-order valence-electron chi connectivity index (χ0n) is 25.1. The van der Waals surface area contributed by atoms with Crippen LogP contribution >= 0.6 is 0 Å². The van der Waals surface area contributed by atoms with Crippen molar-refractivity contribution in [2.24, 2.45) is 11.8 Å². The molecule has 5 rings (SSSR count). The van der Waals surface area contributed by atoms with Crippen LogP contribution in [-0.2, 0) is 39.5 Å². The Hall–Kier alpha value is -4.40. The summed E-state index contributed by atoms with van der Waals surface area (Å²) in [4.78, 5) is 32.9. The standard InChI is InChI=1S/C34H34N4O5.Fe/c1-7-21-16(2)26-14-31-34(20(6)39)19(5)27(38-31)12-24-17(3)22(8-10-32(40)41)29(36-24)15-30-23(9-11-33(42)43)18(4)25(37-30)13-28(21)35-26;/h7,12-15,21,34,39H,1,6,8-11H2,2-5H3,(H,40,41)(H,42,43);/q-4;+4/b24-12-,28-13-,29-15-,31-14-;/t21-,34-;/m1./s1. The fourth-order valence-electron chi connectivity index (χ4n) is 6.00. The number of hydrogen-bond acceptors (Lipinski definition) is 3. The maximum absolute atomic E-state index is 11.5. The number of carbonyl (C=O) groups is 2. The van der Waals surface area contributed by atoms with Gasteiger partial charge in [0.2, 0.25) is 0 Å². The van der Waals surface area contributed by atoms with Gasteiger partial charge in [-0.3, -0.25) is 9.59 Å². The third-order valence-electron chi connectivity index (χ3n) is 8.46. The number of aliphatic carboxylic acids is 2. The summed E-state index contributed by atoms with van der Waals surface area (Å²) in [5, 5.41) is 40.5. The van der Waals surface area contributed by atoms with Crippen molar-refractivity contribution in [3.05, 3.63) is 120 Å². The van der Waals surface area contributed by atoms with E-state index >= 15 is 0 Å². The van der Waals surface area contributed by atoms with Gasteiger partial charge in [-0.15, -0.1) is 51.5 Å². The first-order chi connectivity index (χ1) is 20.4. The molecule has 8 bridgehead atoms. The van der Waals surface area contributed by atoms with Crippen LogP contribution in [-0.4, -0.2) is 27.3 Å². The van der Waals surface area contributed by atoms with Crippen LogP contribution in [0.15, 0.2) is 65.0 Å². The van der Waals surface area contributed by atoms with E-state index in [0.29, 0.717) is 39.2 Å². The van der Waals surface area contributed by atoms with Crippen LogP contribution in [0.25, 0.3) is 28.9 Å². The molecule has 5 heterocycles. The third-order valence-corrected chi connectivity index (χ3v) is 8.46. The molecule has 0 saturated carbocycles. The van der Waals surface area contributed by atoms with Crippen LogP contribution < -0.4 is 20.7 Å². The van der Waals surface area contributed by atoms with Gasteiger partial charge in [0.05, 0.1) is 5.76 Å². The molecule has 44 heavy (non-hydrogen) atoms. The molecule has 0 aliphatic carbocycles. The second-order valence-electron chi connectivity index (χ2n) is 11.2. The van der Waals surface area contributed by atoms with Gasteiger partial charge in [-0.1, -0.05) is 70.4 Å². The van der Waals surface area contributed by atoms with Crippen molar-refractivity contribution < 1.29 is 42.0 Å². The molecule has 3 N–H and O–H groups in total. The second-order valence-corrected chi connectivity index (χ2v) is 11.2. The van der Waals surface area contributed by atoms with E-state index in [1.54, 1.807) is 0 Å². The number of allylic oxidation sites excluding steroid dienone is 3. The number of hydrogen-bond donors (Lipinski definition) is 3. The van der Waals surface area contributed by atoms with Crippen LogP contribution in [0.3, 0.4) is 0 Å². The summed E-state index contributed by atoms with van der Waals surface area (Å²) in [6.45, 7) is 15.5. The molecule has 228 valence electrons. The van der Waals surface area contributed by atoms with Gasteiger partial charge in [0.1, 0.15) is 0 Å². The van der Waals surface area contributed by atoms with E-state index in [1.807, 2.05) is 58.1 Å². The number of aliphatic hydroxyl groups excluding tert-OH is 1. The minimum absolute atomic E-state index is 0. The fourth-order valence-corrected chi connectivity index (χ4v) is 6.00. The summed E-state index contributed by atoms with van der Waals surface area (Å²) in [5.74, 6) is -2.54. The van der Waals surface area contributed by atoms with E-state index < -0.39 is 17.9 Å². The number of carboxylic acid groups (broad SMARTS) is 2. The van der Waals surface area contributed by atoms with Crippen LogP contribution in [0, 0.1) is 25.7 Å². The normalized spacial score (nSPS) is 22.6. The Kier molecular flexibility index (Phi) is 9.37. The van der Waals surface area contributed by atoms with Crippen molar-refractivity contribution in [2.45, 2.75) is 53.4 Å². The Morgan fingerprint density at radius 1 is 0.773 bits per heavy atom. The minimum Gasteiger partial charge on any atom is -0.661 e. The molecule has 0 aromatic carbocycles.